The molecular weight excluding hydrogens is 498 g/mol. The molecular formula is C28H33N7O2S. The summed E-state index contributed by atoms with van der Waals surface area (Å²) in [6.45, 7) is 4.08. The summed E-state index contributed by atoms with van der Waals surface area (Å²) in [5.41, 5.74) is 5.07. The number of benzene rings is 2. The van der Waals surface area contributed by atoms with Crippen LogP contribution >= 0.6 is 0 Å². The van der Waals surface area contributed by atoms with Crippen molar-refractivity contribution in [2.45, 2.75) is 32.9 Å². The van der Waals surface area contributed by atoms with Crippen LogP contribution in [0.25, 0.3) is 22.4 Å². The van der Waals surface area contributed by atoms with E-state index in [1.807, 2.05) is 70.7 Å². The average Bonchev–Trinajstić information content (AvgIpc) is 3.49. The normalized spacial score (nSPS) is 13.9. The van der Waals surface area contributed by atoms with Gasteiger partial charge in [0.25, 0.3) is 5.95 Å². The first-order valence-corrected chi connectivity index (χ1v) is 13.9. The third kappa shape index (κ3) is 6.11. The fourth-order valence-corrected chi connectivity index (χ4v) is 4.74. The van der Waals surface area contributed by atoms with Crippen molar-refractivity contribution in [2.24, 2.45) is 11.1 Å². The maximum Gasteiger partial charge on any atom is 0.254 e. The molecule has 1 fully saturated rings. The van der Waals surface area contributed by atoms with E-state index >= 15 is 0 Å². The Hall–Kier alpha value is -3.57. The predicted molar refractivity (Wildman–Crippen MR) is 152 cm³/mol. The second-order valence-electron chi connectivity index (χ2n) is 9.43. The van der Waals surface area contributed by atoms with Crippen LogP contribution in [0.3, 0.4) is 0 Å². The minimum absolute atomic E-state index is 0.408. The highest BCUT2D eigenvalue weighted by atomic mass is 32.2. The number of rotatable bonds is 9. The second kappa shape index (κ2) is 11.9. The Bertz CT molecular complexity index is 1540. The molecule has 10 heteroatoms. The van der Waals surface area contributed by atoms with Gasteiger partial charge in [0.05, 0.1) is 5.52 Å². The number of methoxy groups -OCH3 is 1. The number of hydrogen-bond acceptors (Lipinski definition) is 5. The van der Waals surface area contributed by atoms with E-state index in [-0.39, 0.29) is 0 Å². The molecule has 1 aliphatic carbocycles. The van der Waals surface area contributed by atoms with E-state index < -0.39 is 11.2 Å². The SMILES string of the molecule is COCC1CC1.Cc1cc2c(CNS(N)=O)cccc2n1-c1nc(NCc2ccccc2)c2cccn2n1. The summed E-state index contributed by atoms with van der Waals surface area (Å²) in [5, 5.41) is 14.6. The number of ether oxygens (including phenoxy) is 1. The quantitative estimate of drug-likeness (QED) is 0.263. The summed E-state index contributed by atoms with van der Waals surface area (Å²) in [5.74, 6) is 2.26. The Kier molecular flexibility index (Phi) is 8.14. The van der Waals surface area contributed by atoms with E-state index in [1.165, 1.54) is 18.4 Å². The molecule has 2 aromatic carbocycles. The van der Waals surface area contributed by atoms with Crippen molar-refractivity contribution in [1.82, 2.24) is 23.9 Å². The van der Waals surface area contributed by atoms with Crippen LogP contribution < -0.4 is 15.2 Å². The van der Waals surface area contributed by atoms with Gasteiger partial charge in [0.15, 0.2) is 17.0 Å². The summed E-state index contributed by atoms with van der Waals surface area (Å²) in [7, 11) is 1.76. The topological polar surface area (TPSA) is 112 Å². The van der Waals surface area contributed by atoms with Gasteiger partial charge in [-0.25, -0.2) is 18.6 Å². The second-order valence-corrected chi connectivity index (χ2v) is 10.3. The Morgan fingerprint density at radius 1 is 1.05 bits per heavy atom. The first kappa shape index (κ1) is 26.1. The van der Waals surface area contributed by atoms with Crippen LogP contribution in [0.1, 0.15) is 29.7 Å². The predicted octanol–water partition coefficient (Wildman–Crippen LogP) is 4.26. The van der Waals surface area contributed by atoms with Gasteiger partial charge in [-0.15, -0.1) is 5.10 Å². The highest BCUT2D eigenvalue weighted by Crippen LogP contribution is 2.28. The number of fused-ring (bicyclic) bond motifs is 2. The van der Waals surface area contributed by atoms with E-state index in [9.17, 15) is 4.21 Å². The van der Waals surface area contributed by atoms with Crippen molar-refractivity contribution < 1.29 is 8.95 Å². The zero-order valence-electron chi connectivity index (χ0n) is 21.6. The van der Waals surface area contributed by atoms with Gasteiger partial charge in [0.2, 0.25) is 0 Å². The highest BCUT2D eigenvalue weighted by Gasteiger charge is 2.20. The first-order valence-electron chi connectivity index (χ1n) is 12.7. The number of nitrogens with one attached hydrogen (secondary N) is 2. The summed E-state index contributed by atoms with van der Waals surface area (Å²) >= 11 is -1.57. The van der Waals surface area contributed by atoms with Crippen LogP contribution in [-0.4, -0.2) is 37.1 Å². The van der Waals surface area contributed by atoms with Crippen LogP contribution in [0.15, 0.2) is 72.9 Å². The number of aryl methyl sites for hydroxylation is 1. The fourth-order valence-electron chi connectivity index (χ4n) is 4.44. The number of nitrogens with two attached hydrogens (primary N) is 1. The summed E-state index contributed by atoms with van der Waals surface area (Å²) in [6, 6.07) is 22.3. The molecule has 9 nitrogen and oxygen atoms in total. The zero-order chi connectivity index (χ0) is 26.5. The van der Waals surface area contributed by atoms with Crippen LogP contribution in [-0.2, 0) is 29.0 Å². The zero-order valence-corrected chi connectivity index (χ0v) is 22.4. The fraction of sp³-hybridized carbons (Fsp3) is 0.286. The van der Waals surface area contributed by atoms with Gasteiger partial charge >= 0.3 is 0 Å². The van der Waals surface area contributed by atoms with Crippen molar-refractivity contribution in [3.8, 4) is 5.95 Å². The molecule has 38 heavy (non-hydrogen) atoms. The van der Waals surface area contributed by atoms with Crippen molar-refractivity contribution in [3.05, 3.63) is 89.7 Å². The molecule has 0 saturated heterocycles. The molecule has 6 rings (SSSR count). The molecule has 0 aliphatic heterocycles. The number of anilines is 1. The molecule has 3 aromatic heterocycles. The van der Waals surface area contributed by atoms with Crippen LogP contribution in [0, 0.1) is 12.8 Å². The Balaban J connectivity index is 0.000000433. The van der Waals surface area contributed by atoms with Crippen LogP contribution in [0.5, 0.6) is 0 Å². The third-order valence-electron chi connectivity index (χ3n) is 6.51. The lowest BCUT2D eigenvalue weighted by atomic mass is 10.1. The highest BCUT2D eigenvalue weighted by molar-refractivity contribution is 7.80. The molecule has 0 radical (unpaired) electrons. The largest absolute Gasteiger partial charge is 0.384 e. The monoisotopic (exact) mass is 531 g/mol. The molecule has 3 heterocycles. The lowest BCUT2D eigenvalue weighted by Crippen LogP contribution is -2.23. The van der Waals surface area contributed by atoms with Gasteiger partial charge in [-0.1, -0.05) is 42.5 Å². The molecule has 0 spiro atoms. The van der Waals surface area contributed by atoms with Gasteiger partial charge in [-0.3, -0.25) is 4.57 Å². The number of nitrogens with zero attached hydrogens (tertiary/aromatic N) is 4. The van der Waals surface area contributed by atoms with Crippen molar-refractivity contribution >= 4 is 33.4 Å². The summed E-state index contributed by atoms with van der Waals surface area (Å²) in [4.78, 5) is 4.88. The van der Waals surface area contributed by atoms with Crippen LogP contribution in [0.4, 0.5) is 5.82 Å². The van der Waals surface area contributed by atoms with Crippen LogP contribution in [0.2, 0.25) is 0 Å². The molecule has 4 N–H and O–H groups in total. The van der Waals surface area contributed by atoms with Gasteiger partial charge < -0.3 is 10.1 Å². The Morgan fingerprint density at radius 2 is 1.84 bits per heavy atom. The summed E-state index contributed by atoms with van der Waals surface area (Å²) < 4.78 is 22.8. The lowest BCUT2D eigenvalue weighted by Gasteiger charge is -2.12. The van der Waals surface area contributed by atoms with Gasteiger partial charge in [-0.05, 0) is 61.1 Å². The Morgan fingerprint density at radius 3 is 2.55 bits per heavy atom. The van der Waals surface area contributed by atoms with E-state index in [1.54, 1.807) is 7.11 Å². The molecule has 198 valence electrons. The third-order valence-corrected chi connectivity index (χ3v) is 6.94. The Labute approximate surface area is 224 Å². The molecule has 1 saturated carbocycles. The molecule has 1 atom stereocenters. The van der Waals surface area contributed by atoms with E-state index in [0.29, 0.717) is 19.0 Å². The lowest BCUT2D eigenvalue weighted by molar-refractivity contribution is 0.186. The van der Waals surface area contributed by atoms with Gasteiger partial charge in [0.1, 0.15) is 5.52 Å². The van der Waals surface area contributed by atoms with Gasteiger partial charge in [0, 0.05) is 44.1 Å². The molecule has 0 amide bonds. The maximum absolute atomic E-state index is 11.3. The van der Waals surface area contributed by atoms with Crippen molar-refractivity contribution in [2.75, 3.05) is 19.0 Å². The minimum Gasteiger partial charge on any atom is -0.384 e. The van der Waals surface area contributed by atoms with Gasteiger partial charge in [-0.2, -0.15) is 4.98 Å². The van der Waals surface area contributed by atoms with Crippen molar-refractivity contribution in [1.29, 1.82) is 0 Å². The summed E-state index contributed by atoms with van der Waals surface area (Å²) in [6.07, 6.45) is 4.71. The molecule has 0 bridgehead atoms. The minimum atomic E-state index is -1.57. The van der Waals surface area contributed by atoms with E-state index in [0.717, 1.165) is 46.0 Å². The molecule has 1 aliphatic rings. The first-order chi connectivity index (χ1) is 18.5. The number of aromatic nitrogens is 4. The van der Waals surface area contributed by atoms with Crippen molar-refractivity contribution in [3.63, 3.8) is 0 Å². The maximum atomic E-state index is 11.3. The smallest absolute Gasteiger partial charge is 0.254 e. The molecule has 5 aromatic rings. The van der Waals surface area contributed by atoms with E-state index in [4.69, 9.17) is 20.0 Å². The standard InChI is InChI=1S/C23H23N7OS.C5H10O/c1-16-13-19-18(15-26-32(24)31)9-5-10-20(19)30(16)23-27-22(21-11-6-12-29(21)28-23)25-14-17-7-3-2-4-8-17;1-6-4-5-2-3-5/h2-13,26H,14-15,24H2,1H3,(H,25,27,28);5H,2-4H2,1H3. The number of hydrogen-bond donors (Lipinski definition) is 3. The average molecular weight is 532 g/mol. The molecule has 1 unspecified atom stereocenters. The van der Waals surface area contributed by atoms with E-state index in [2.05, 4.69) is 28.2 Å².